The maximum atomic E-state index is 12.2. The van der Waals surface area contributed by atoms with Crippen LogP contribution in [0.2, 0.25) is 0 Å². The number of carbonyl (C=O) groups is 1. The Morgan fingerprint density at radius 3 is 2.74 bits per heavy atom. The molecule has 4 heterocycles. The largest absolute Gasteiger partial charge is 0.382 e. The number of carbonyl (C=O) groups excluding carboxylic acids is 1. The number of hydrogen-bond acceptors (Lipinski definition) is 7. The van der Waals surface area contributed by atoms with Gasteiger partial charge in [-0.15, -0.1) is 0 Å². The topological polar surface area (TPSA) is 108 Å². The molecule has 2 saturated heterocycles. The van der Waals surface area contributed by atoms with Crippen LogP contribution in [0.15, 0.2) is 36.7 Å². The Morgan fingerprint density at radius 2 is 1.97 bits per heavy atom. The fourth-order valence-electron chi connectivity index (χ4n) is 4.60. The number of likely N-dealkylation sites (tertiary alicyclic amines) is 2. The standard InChI is InChI=1S/C26H28N6O2/c1-31-13-10-26(34,25(31)33)9-8-18-6-5-7-19(14-18)24-29-16-21-20(15-28-23(27)22(21)30-24)17-32-11-3-2-4-12-32/h5-7,14-16,34H,2-4,10-13,17H2,1H3,(H2,27,28)/t26-/m0/s1. The van der Waals surface area contributed by atoms with E-state index in [9.17, 15) is 9.90 Å². The second-order valence-electron chi connectivity index (χ2n) is 9.13. The predicted molar refractivity (Wildman–Crippen MR) is 130 cm³/mol. The van der Waals surface area contributed by atoms with Gasteiger partial charge in [0, 0.05) is 55.5 Å². The summed E-state index contributed by atoms with van der Waals surface area (Å²) in [6, 6.07) is 7.43. The van der Waals surface area contributed by atoms with E-state index >= 15 is 0 Å². The number of likely N-dealkylation sites (N-methyl/N-ethyl adjacent to an activating group) is 1. The van der Waals surface area contributed by atoms with Crippen molar-refractivity contribution in [2.24, 2.45) is 0 Å². The molecule has 8 nitrogen and oxygen atoms in total. The van der Waals surface area contributed by atoms with E-state index < -0.39 is 5.60 Å². The zero-order valence-electron chi connectivity index (χ0n) is 19.3. The Labute approximate surface area is 198 Å². The quantitative estimate of drug-likeness (QED) is 0.582. The number of anilines is 1. The number of nitrogens with zero attached hydrogens (tertiary/aromatic N) is 5. The summed E-state index contributed by atoms with van der Waals surface area (Å²) in [6.45, 7) is 3.49. The zero-order valence-corrected chi connectivity index (χ0v) is 19.3. The summed E-state index contributed by atoms with van der Waals surface area (Å²) >= 11 is 0. The average molecular weight is 457 g/mol. The van der Waals surface area contributed by atoms with E-state index in [2.05, 4.69) is 26.7 Å². The van der Waals surface area contributed by atoms with Gasteiger partial charge in [-0.3, -0.25) is 9.69 Å². The number of amides is 1. The lowest BCUT2D eigenvalue weighted by Crippen LogP contribution is -2.37. The van der Waals surface area contributed by atoms with Crippen LogP contribution < -0.4 is 5.73 Å². The van der Waals surface area contributed by atoms with Crippen LogP contribution in [0, 0.1) is 11.8 Å². The molecule has 174 valence electrons. The van der Waals surface area contributed by atoms with Crippen molar-refractivity contribution in [3.63, 3.8) is 0 Å². The Hall–Kier alpha value is -3.54. The fourth-order valence-corrected chi connectivity index (χ4v) is 4.60. The van der Waals surface area contributed by atoms with Crippen molar-refractivity contribution in [3.05, 3.63) is 47.8 Å². The molecule has 0 saturated carbocycles. The second kappa shape index (κ2) is 9.01. The Morgan fingerprint density at radius 1 is 1.15 bits per heavy atom. The second-order valence-corrected chi connectivity index (χ2v) is 9.13. The summed E-state index contributed by atoms with van der Waals surface area (Å²) in [5.74, 6) is 6.24. The molecule has 0 aliphatic carbocycles. The van der Waals surface area contributed by atoms with Gasteiger partial charge in [0.05, 0.1) is 0 Å². The van der Waals surface area contributed by atoms with E-state index in [1.807, 2.05) is 36.7 Å². The molecule has 0 radical (unpaired) electrons. The highest BCUT2D eigenvalue weighted by molar-refractivity contribution is 5.91. The van der Waals surface area contributed by atoms with Gasteiger partial charge in [0.15, 0.2) is 5.82 Å². The number of hydrogen-bond donors (Lipinski definition) is 2. The first-order valence-corrected chi connectivity index (χ1v) is 11.7. The minimum absolute atomic E-state index is 0.300. The average Bonchev–Trinajstić information content (AvgIpc) is 3.13. The molecule has 3 N–H and O–H groups in total. The highest BCUT2D eigenvalue weighted by Gasteiger charge is 2.42. The molecule has 2 fully saturated rings. The van der Waals surface area contributed by atoms with E-state index in [1.54, 1.807) is 7.05 Å². The summed E-state index contributed by atoms with van der Waals surface area (Å²) in [5.41, 5.74) is 7.73. The van der Waals surface area contributed by atoms with Crippen LogP contribution in [-0.4, -0.2) is 68.0 Å². The first-order chi connectivity index (χ1) is 16.4. The Bertz CT molecular complexity index is 1310. The summed E-state index contributed by atoms with van der Waals surface area (Å²) in [7, 11) is 1.66. The Balaban J connectivity index is 1.44. The molecule has 2 aromatic heterocycles. The summed E-state index contributed by atoms with van der Waals surface area (Å²) in [4.78, 5) is 29.9. The zero-order chi connectivity index (χ0) is 23.7. The SMILES string of the molecule is CN1CC[C@@](O)(C#Cc2cccc(-c3ncc4c(CN5CCCCC5)cnc(N)c4n3)c2)C1=O. The number of nitrogen functional groups attached to an aromatic ring is 1. The van der Waals surface area contributed by atoms with Gasteiger partial charge in [-0.05, 0) is 43.6 Å². The van der Waals surface area contributed by atoms with Gasteiger partial charge < -0.3 is 15.7 Å². The number of piperidine rings is 1. The molecule has 3 aromatic rings. The molecule has 1 amide bonds. The molecule has 0 bridgehead atoms. The van der Waals surface area contributed by atoms with Gasteiger partial charge >= 0.3 is 0 Å². The van der Waals surface area contributed by atoms with Gasteiger partial charge in [0.1, 0.15) is 11.3 Å². The molecule has 5 rings (SSSR count). The smallest absolute Gasteiger partial charge is 0.267 e. The lowest BCUT2D eigenvalue weighted by Gasteiger charge is -2.26. The molecule has 0 spiro atoms. The maximum Gasteiger partial charge on any atom is 0.267 e. The van der Waals surface area contributed by atoms with Gasteiger partial charge in [0.2, 0.25) is 5.60 Å². The molecule has 2 aliphatic rings. The van der Waals surface area contributed by atoms with Crippen molar-refractivity contribution in [2.45, 2.75) is 37.8 Å². The van der Waals surface area contributed by atoms with Crippen LogP contribution >= 0.6 is 0 Å². The Kier molecular flexibility index (Phi) is 5.90. The van der Waals surface area contributed by atoms with Crippen LogP contribution in [-0.2, 0) is 11.3 Å². The van der Waals surface area contributed by atoms with Crippen molar-refractivity contribution in [3.8, 4) is 23.2 Å². The third-order valence-corrected chi connectivity index (χ3v) is 6.62. The molecule has 34 heavy (non-hydrogen) atoms. The minimum atomic E-state index is -1.63. The van der Waals surface area contributed by atoms with Crippen molar-refractivity contribution in [2.75, 3.05) is 32.4 Å². The third kappa shape index (κ3) is 4.32. The van der Waals surface area contributed by atoms with Crippen LogP contribution in [0.1, 0.15) is 36.8 Å². The van der Waals surface area contributed by atoms with E-state index in [0.717, 1.165) is 36.1 Å². The van der Waals surface area contributed by atoms with Crippen molar-refractivity contribution >= 4 is 22.6 Å². The number of aliphatic hydroxyl groups is 1. The summed E-state index contributed by atoms with van der Waals surface area (Å²) in [5, 5.41) is 11.5. The molecule has 2 aliphatic heterocycles. The number of aromatic nitrogens is 3. The van der Waals surface area contributed by atoms with Gasteiger partial charge in [-0.1, -0.05) is 30.4 Å². The van der Waals surface area contributed by atoms with Crippen LogP contribution in [0.5, 0.6) is 0 Å². The number of fused-ring (bicyclic) bond motifs is 1. The van der Waals surface area contributed by atoms with Gasteiger partial charge in [-0.2, -0.15) is 0 Å². The number of benzene rings is 1. The van der Waals surface area contributed by atoms with Gasteiger partial charge in [-0.25, -0.2) is 15.0 Å². The van der Waals surface area contributed by atoms with E-state index in [1.165, 1.54) is 24.2 Å². The van der Waals surface area contributed by atoms with E-state index in [4.69, 9.17) is 10.7 Å². The normalized spacial score (nSPS) is 21.0. The molecule has 1 aromatic carbocycles. The van der Waals surface area contributed by atoms with Crippen LogP contribution in [0.4, 0.5) is 5.82 Å². The van der Waals surface area contributed by atoms with E-state index in [0.29, 0.717) is 35.7 Å². The first-order valence-electron chi connectivity index (χ1n) is 11.7. The lowest BCUT2D eigenvalue weighted by atomic mass is 10.0. The lowest BCUT2D eigenvalue weighted by molar-refractivity contribution is -0.137. The molecule has 1 atom stereocenters. The van der Waals surface area contributed by atoms with Crippen LogP contribution in [0.3, 0.4) is 0 Å². The first kappa shape index (κ1) is 22.3. The predicted octanol–water partition coefficient (Wildman–Crippen LogP) is 2.20. The van der Waals surface area contributed by atoms with Crippen molar-refractivity contribution < 1.29 is 9.90 Å². The number of nitrogens with two attached hydrogens (primary N) is 1. The van der Waals surface area contributed by atoms with E-state index in [-0.39, 0.29) is 5.91 Å². The molecule has 0 unspecified atom stereocenters. The van der Waals surface area contributed by atoms with Crippen LogP contribution in [0.25, 0.3) is 22.3 Å². The fraction of sp³-hybridized carbons (Fsp3) is 0.385. The highest BCUT2D eigenvalue weighted by atomic mass is 16.3. The maximum absolute atomic E-state index is 12.2. The summed E-state index contributed by atoms with van der Waals surface area (Å²) in [6.07, 6.45) is 7.70. The third-order valence-electron chi connectivity index (χ3n) is 6.62. The summed E-state index contributed by atoms with van der Waals surface area (Å²) < 4.78 is 0. The van der Waals surface area contributed by atoms with Gasteiger partial charge in [0.25, 0.3) is 5.91 Å². The molecular formula is C26H28N6O2. The van der Waals surface area contributed by atoms with Crippen molar-refractivity contribution in [1.82, 2.24) is 24.8 Å². The minimum Gasteiger partial charge on any atom is -0.382 e. The number of rotatable bonds is 3. The van der Waals surface area contributed by atoms with Crippen molar-refractivity contribution in [1.29, 1.82) is 0 Å². The molecular weight excluding hydrogens is 428 g/mol. The monoisotopic (exact) mass is 456 g/mol. The highest BCUT2D eigenvalue weighted by Crippen LogP contribution is 2.26. The number of pyridine rings is 1. The molecule has 8 heteroatoms.